The normalized spacial score (nSPS) is 11.1. The Morgan fingerprint density at radius 2 is 1.78 bits per heavy atom. The van der Waals surface area contributed by atoms with Gasteiger partial charge in [0.1, 0.15) is 0 Å². The fraction of sp³-hybridized carbons (Fsp3) is 0. The molecule has 0 atom stereocenters. The van der Waals surface area contributed by atoms with Gasteiger partial charge in [0.25, 0.3) is 0 Å². The molecule has 0 N–H and O–H groups in total. The zero-order chi connectivity index (χ0) is 13.0. The van der Waals surface area contributed by atoms with Crippen LogP contribution in [-0.4, -0.2) is 0 Å². The molecular formula is C15H9ClIN. The Morgan fingerprint density at radius 3 is 2.39 bits per heavy atom. The lowest BCUT2D eigenvalue weighted by Gasteiger charge is -2.02. The monoisotopic (exact) mass is 365 g/mol. The molecule has 0 aromatic heterocycles. The molecule has 0 saturated heterocycles. The lowest BCUT2D eigenvalue weighted by molar-refractivity contribution is 1.52. The number of nitriles is 1. The number of nitrogens with zero attached hydrogens (tertiary/aromatic N) is 1. The summed E-state index contributed by atoms with van der Waals surface area (Å²) >= 11 is 8.35. The first-order chi connectivity index (χ1) is 8.70. The lowest BCUT2D eigenvalue weighted by atomic mass is 10.0. The van der Waals surface area contributed by atoms with Gasteiger partial charge >= 0.3 is 0 Å². The van der Waals surface area contributed by atoms with Crippen molar-refractivity contribution in [2.45, 2.75) is 0 Å². The quantitative estimate of drug-likeness (QED) is 0.417. The molecule has 0 aliphatic rings. The molecule has 0 saturated carbocycles. The average molecular weight is 366 g/mol. The van der Waals surface area contributed by atoms with E-state index in [9.17, 15) is 5.26 Å². The van der Waals surface area contributed by atoms with E-state index < -0.39 is 0 Å². The van der Waals surface area contributed by atoms with Crippen LogP contribution in [0.15, 0.2) is 48.5 Å². The minimum atomic E-state index is 0.571. The Bertz CT molecular complexity index is 624. The van der Waals surface area contributed by atoms with Gasteiger partial charge in [0.15, 0.2) is 0 Å². The van der Waals surface area contributed by atoms with Crippen molar-refractivity contribution >= 4 is 45.8 Å². The highest BCUT2D eigenvalue weighted by Gasteiger charge is 2.05. The second kappa shape index (κ2) is 6.03. The molecule has 0 spiro atoms. The summed E-state index contributed by atoms with van der Waals surface area (Å²) in [6.45, 7) is 0. The molecule has 3 heteroatoms. The van der Waals surface area contributed by atoms with Gasteiger partial charge in [-0.1, -0.05) is 41.9 Å². The van der Waals surface area contributed by atoms with Crippen LogP contribution in [0.4, 0.5) is 0 Å². The summed E-state index contributed by atoms with van der Waals surface area (Å²) in [5.74, 6) is 0. The minimum Gasteiger partial charge on any atom is -0.192 e. The third kappa shape index (κ3) is 3.12. The van der Waals surface area contributed by atoms with E-state index in [-0.39, 0.29) is 0 Å². The summed E-state index contributed by atoms with van der Waals surface area (Å²) in [5, 5.41) is 9.83. The van der Waals surface area contributed by atoms with Crippen molar-refractivity contribution in [2.75, 3.05) is 0 Å². The molecule has 88 valence electrons. The highest BCUT2D eigenvalue weighted by atomic mass is 127. The molecule has 18 heavy (non-hydrogen) atoms. The van der Waals surface area contributed by atoms with Gasteiger partial charge in [-0.15, -0.1) is 0 Å². The topological polar surface area (TPSA) is 23.8 Å². The Kier molecular flexibility index (Phi) is 4.40. The van der Waals surface area contributed by atoms with Gasteiger partial charge in [0.2, 0.25) is 0 Å². The molecule has 0 unspecified atom stereocenters. The van der Waals surface area contributed by atoms with E-state index in [0.717, 1.165) is 11.1 Å². The first-order valence-electron chi connectivity index (χ1n) is 5.33. The highest BCUT2D eigenvalue weighted by molar-refractivity contribution is 14.1. The maximum atomic E-state index is 9.24. The van der Waals surface area contributed by atoms with Crippen LogP contribution in [0.5, 0.6) is 0 Å². The van der Waals surface area contributed by atoms with Crippen molar-refractivity contribution in [3.8, 4) is 6.07 Å². The van der Waals surface area contributed by atoms with E-state index in [0.29, 0.717) is 10.6 Å². The van der Waals surface area contributed by atoms with E-state index in [1.54, 1.807) is 6.07 Å². The predicted molar refractivity (Wildman–Crippen MR) is 84.1 cm³/mol. The van der Waals surface area contributed by atoms with E-state index in [1.165, 1.54) is 3.57 Å². The van der Waals surface area contributed by atoms with Gasteiger partial charge in [0, 0.05) is 14.2 Å². The first kappa shape index (κ1) is 13.1. The van der Waals surface area contributed by atoms with Crippen molar-refractivity contribution in [3.63, 3.8) is 0 Å². The number of rotatable bonds is 2. The van der Waals surface area contributed by atoms with E-state index in [4.69, 9.17) is 11.6 Å². The van der Waals surface area contributed by atoms with Crippen LogP contribution < -0.4 is 0 Å². The van der Waals surface area contributed by atoms with Crippen LogP contribution >= 0.6 is 34.2 Å². The van der Waals surface area contributed by atoms with Crippen LogP contribution in [0.1, 0.15) is 11.1 Å². The van der Waals surface area contributed by atoms with E-state index in [1.807, 2.05) is 48.5 Å². The average Bonchev–Trinajstić information content (AvgIpc) is 2.39. The molecule has 0 radical (unpaired) electrons. The molecule has 2 aromatic rings. The van der Waals surface area contributed by atoms with Gasteiger partial charge in [-0.2, -0.15) is 5.26 Å². The Balaban J connectivity index is 2.44. The van der Waals surface area contributed by atoms with Crippen molar-refractivity contribution in [2.24, 2.45) is 0 Å². The van der Waals surface area contributed by atoms with Gasteiger partial charge in [-0.3, -0.25) is 0 Å². The Morgan fingerprint density at radius 1 is 1.11 bits per heavy atom. The summed E-state index contributed by atoms with van der Waals surface area (Å²) in [5.41, 5.74) is 2.33. The zero-order valence-electron chi connectivity index (χ0n) is 9.40. The number of halogens is 2. The molecule has 2 aromatic carbocycles. The van der Waals surface area contributed by atoms with Crippen LogP contribution in [0.25, 0.3) is 11.6 Å². The molecule has 0 aliphatic heterocycles. The molecule has 0 heterocycles. The third-order valence-corrected chi connectivity index (χ3v) is 3.51. The van der Waals surface area contributed by atoms with Gasteiger partial charge < -0.3 is 0 Å². The largest absolute Gasteiger partial charge is 0.192 e. The van der Waals surface area contributed by atoms with Gasteiger partial charge in [-0.05, 0) is 52.4 Å². The fourth-order valence-corrected chi connectivity index (χ4v) is 2.17. The van der Waals surface area contributed by atoms with Crippen LogP contribution in [-0.2, 0) is 0 Å². The Labute approximate surface area is 125 Å². The Hall–Kier alpha value is -1.31. The summed E-state index contributed by atoms with van der Waals surface area (Å²) in [4.78, 5) is 0. The zero-order valence-corrected chi connectivity index (χ0v) is 12.3. The number of benzene rings is 2. The van der Waals surface area contributed by atoms with Crippen molar-refractivity contribution in [1.29, 1.82) is 5.26 Å². The molecular weight excluding hydrogens is 357 g/mol. The maximum Gasteiger partial charge on any atom is 0.0998 e. The smallest absolute Gasteiger partial charge is 0.0998 e. The second-order valence-corrected chi connectivity index (χ2v) is 5.35. The van der Waals surface area contributed by atoms with E-state index in [2.05, 4.69) is 28.7 Å². The van der Waals surface area contributed by atoms with Gasteiger partial charge in [-0.25, -0.2) is 0 Å². The minimum absolute atomic E-state index is 0.571. The van der Waals surface area contributed by atoms with Crippen LogP contribution in [0.3, 0.4) is 0 Å². The molecule has 1 nitrogen and oxygen atoms in total. The number of hydrogen-bond acceptors (Lipinski definition) is 1. The lowest BCUT2D eigenvalue weighted by Crippen LogP contribution is -1.83. The van der Waals surface area contributed by atoms with Crippen LogP contribution in [0.2, 0.25) is 5.02 Å². The van der Waals surface area contributed by atoms with Crippen molar-refractivity contribution < 1.29 is 0 Å². The summed E-state index contributed by atoms with van der Waals surface area (Å²) in [6, 6.07) is 17.5. The summed E-state index contributed by atoms with van der Waals surface area (Å²) < 4.78 is 1.17. The fourth-order valence-electron chi connectivity index (χ4n) is 1.58. The molecule has 0 aliphatic carbocycles. The van der Waals surface area contributed by atoms with Gasteiger partial charge in [0.05, 0.1) is 11.6 Å². The molecule has 2 rings (SSSR count). The second-order valence-electron chi connectivity index (χ2n) is 3.70. The molecule has 0 fully saturated rings. The molecule has 0 amide bonds. The van der Waals surface area contributed by atoms with Crippen LogP contribution in [0, 0.1) is 14.9 Å². The first-order valence-corrected chi connectivity index (χ1v) is 6.78. The summed E-state index contributed by atoms with van der Waals surface area (Å²) in [6.07, 6.45) is 1.84. The maximum absolute atomic E-state index is 9.24. The van der Waals surface area contributed by atoms with Crippen molar-refractivity contribution in [3.05, 3.63) is 68.3 Å². The predicted octanol–water partition coefficient (Wildman–Crippen LogP) is 5.01. The number of allylic oxidation sites excluding steroid dienone is 1. The SMILES string of the molecule is N#CC(=Cc1ccc(I)cc1)c1ccccc1Cl. The van der Waals surface area contributed by atoms with E-state index >= 15 is 0 Å². The van der Waals surface area contributed by atoms with Crippen molar-refractivity contribution in [1.82, 2.24) is 0 Å². The standard InChI is InChI=1S/C15H9ClIN/c16-15-4-2-1-3-14(15)12(10-18)9-11-5-7-13(17)8-6-11/h1-9H. The number of hydrogen-bond donors (Lipinski definition) is 0. The summed E-state index contributed by atoms with van der Waals surface area (Å²) in [7, 11) is 0. The molecule has 0 bridgehead atoms. The third-order valence-electron chi connectivity index (χ3n) is 2.47. The highest BCUT2D eigenvalue weighted by Crippen LogP contribution is 2.25.